The average Bonchev–Trinajstić information content (AvgIpc) is 2.36. The summed E-state index contributed by atoms with van der Waals surface area (Å²) in [4.78, 5) is 32.6. The van der Waals surface area contributed by atoms with Crippen LogP contribution in [0.5, 0.6) is 0 Å². The number of urea groups is 1. The van der Waals surface area contributed by atoms with Crippen molar-refractivity contribution in [1.29, 1.82) is 0 Å². The molecule has 0 aromatic heterocycles. The molecule has 1 atom stereocenters. The molecule has 0 aliphatic rings. The van der Waals surface area contributed by atoms with Gasteiger partial charge in [0.05, 0.1) is 13.2 Å². The summed E-state index contributed by atoms with van der Waals surface area (Å²) >= 11 is 0. The van der Waals surface area contributed by atoms with E-state index < -0.39 is 24.6 Å². The molecule has 0 fully saturated rings. The second-order valence-electron chi connectivity index (χ2n) is 3.58. The quantitative estimate of drug-likeness (QED) is 0.306. The third kappa shape index (κ3) is 9.80. The normalized spacial score (nSPS) is 11.5. The molecule has 5 N–H and O–H groups in total. The molecule has 19 heavy (non-hydrogen) atoms. The average molecular weight is 277 g/mol. The van der Waals surface area contributed by atoms with Gasteiger partial charge in [-0.05, 0) is 0 Å². The number of aliphatic hydroxyl groups excluding tert-OH is 1. The fraction of sp³-hybridized carbons (Fsp3) is 0.700. The van der Waals surface area contributed by atoms with Crippen LogP contribution in [0.2, 0.25) is 0 Å². The Morgan fingerprint density at radius 2 is 1.84 bits per heavy atom. The van der Waals surface area contributed by atoms with E-state index in [0.717, 1.165) is 0 Å². The third-order valence-corrected chi connectivity index (χ3v) is 2.01. The van der Waals surface area contributed by atoms with Gasteiger partial charge in [-0.15, -0.1) is 0 Å². The molecule has 0 aromatic carbocycles. The van der Waals surface area contributed by atoms with Crippen molar-refractivity contribution in [3.63, 3.8) is 0 Å². The molecule has 0 heterocycles. The summed E-state index contributed by atoms with van der Waals surface area (Å²) in [7, 11) is 1.52. The first kappa shape index (κ1) is 17.1. The maximum Gasteiger partial charge on any atom is 0.334 e. The summed E-state index contributed by atoms with van der Waals surface area (Å²) in [6.45, 7) is 0.508. The maximum atomic E-state index is 11.2. The van der Waals surface area contributed by atoms with E-state index in [1.54, 1.807) is 0 Å². The number of aliphatic carboxylic acids is 1. The number of nitrogens with one attached hydrogen (secondary N) is 3. The first-order chi connectivity index (χ1) is 8.97. The Balaban J connectivity index is 3.57. The van der Waals surface area contributed by atoms with Gasteiger partial charge in [0.15, 0.2) is 6.10 Å². The molecule has 0 aliphatic carbocycles. The zero-order valence-corrected chi connectivity index (χ0v) is 10.6. The van der Waals surface area contributed by atoms with Gasteiger partial charge in [0.2, 0.25) is 5.91 Å². The van der Waals surface area contributed by atoms with E-state index in [0.29, 0.717) is 13.2 Å². The number of carbonyl (C=O) groups excluding carboxylic acids is 2. The number of ether oxygens (including phenoxy) is 1. The standard InChI is InChI=1S/C10H19N3O6/c1-19-5-4-11-8(15)2-3-12-10(18)13-6-7(14)9(16)17/h7,14H,2-6H2,1H3,(H,11,15)(H,16,17)(H2,12,13,18)/t7-/m0/s1. The molecule has 0 spiro atoms. The largest absolute Gasteiger partial charge is 0.479 e. The van der Waals surface area contributed by atoms with E-state index in [2.05, 4.69) is 16.0 Å². The van der Waals surface area contributed by atoms with Crippen molar-refractivity contribution in [2.45, 2.75) is 12.5 Å². The number of methoxy groups -OCH3 is 1. The van der Waals surface area contributed by atoms with Gasteiger partial charge in [-0.1, -0.05) is 0 Å². The highest BCUT2D eigenvalue weighted by Crippen LogP contribution is 1.81. The van der Waals surface area contributed by atoms with E-state index >= 15 is 0 Å². The third-order valence-electron chi connectivity index (χ3n) is 2.01. The van der Waals surface area contributed by atoms with Crippen LogP contribution in [0.15, 0.2) is 0 Å². The number of carbonyl (C=O) groups is 3. The van der Waals surface area contributed by atoms with E-state index in [-0.39, 0.29) is 18.9 Å². The van der Waals surface area contributed by atoms with Crippen molar-refractivity contribution in [3.05, 3.63) is 0 Å². The molecule has 9 nitrogen and oxygen atoms in total. The van der Waals surface area contributed by atoms with Crippen molar-refractivity contribution >= 4 is 17.9 Å². The van der Waals surface area contributed by atoms with Gasteiger partial charge in [-0.25, -0.2) is 9.59 Å². The van der Waals surface area contributed by atoms with Gasteiger partial charge in [-0.3, -0.25) is 4.79 Å². The predicted octanol–water partition coefficient (Wildman–Crippen LogP) is -2.12. The fourth-order valence-corrected chi connectivity index (χ4v) is 1.01. The number of carboxylic acids is 1. The topological polar surface area (TPSA) is 137 Å². The monoisotopic (exact) mass is 277 g/mol. The van der Waals surface area contributed by atoms with Crippen LogP contribution < -0.4 is 16.0 Å². The highest BCUT2D eigenvalue weighted by atomic mass is 16.5. The van der Waals surface area contributed by atoms with Crippen LogP contribution in [0.3, 0.4) is 0 Å². The second-order valence-corrected chi connectivity index (χ2v) is 3.58. The lowest BCUT2D eigenvalue weighted by Crippen LogP contribution is -2.43. The van der Waals surface area contributed by atoms with Crippen LogP contribution in [0, 0.1) is 0 Å². The zero-order chi connectivity index (χ0) is 14.7. The van der Waals surface area contributed by atoms with Crippen LogP contribution in [0.25, 0.3) is 0 Å². The molecular formula is C10H19N3O6. The van der Waals surface area contributed by atoms with Crippen LogP contribution in [0.4, 0.5) is 4.79 Å². The highest BCUT2D eigenvalue weighted by molar-refractivity contribution is 5.78. The number of amides is 3. The molecule has 0 aromatic rings. The van der Waals surface area contributed by atoms with Crippen molar-refractivity contribution in [2.24, 2.45) is 0 Å². The van der Waals surface area contributed by atoms with E-state index in [1.807, 2.05) is 0 Å². The van der Waals surface area contributed by atoms with Gasteiger partial charge in [0.25, 0.3) is 0 Å². The van der Waals surface area contributed by atoms with Gasteiger partial charge >= 0.3 is 12.0 Å². The minimum atomic E-state index is -1.65. The minimum Gasteiger partial charge on any atom is -0.479 e. The predicted molar refractivity (Wildman–Crippen MR) is 64.5 cm³/mol. The van der Waals surface area contributed by atoms with Crippen molar-refractivity contribution < 1.29 is 29.3 Å². The van der Waals surface area contributed by atoms with Crippen LogP contribution >= 0.6 is 0 Å². The molecule has 110 valence electrons. The Labute approximate surface area is 110 Å². The first-order valence-electron chi connectivity index (χ1n) is 5.65. The number of hydrogen-bond acceptors (Lipinski definition) is 5. The van der Waals surface area contributed by atoms with Crippen LogP contribution in [-0.2, 0) is 14.3 Å². The van der Waals surface area contributed by atoms with Crippen molar-refractivity contribution in [3.8, 4) is 0 Å². The van der Waals surface area contributed by atoms with Crippen molar-refractivity contribution in [1.82, 2.24) is 16.0 Å². The minimum absolute atomic E-state index is 0.0959. The molecule has 0 saturated carbocycles. The van der Waals surface area contributed by atoms with Gasteiger partial charge < -0.3 is 30.9 Å². The van der Waals surface area contributed by atoms with Crippen molar-refractivity contribution in [2.75, 3.05) is 33.4 Å². The van der Waals surface area contributed by atoms with Gasteiger partial charge in [0, 0.05) is 26.6 Å². The molecule has 0 radical (unpaired) electrons. The van der Waals surface area contributed by atoms with E-state index in [1.165, 1.54) is 7.11 Å². The Bertz CT molecular complexity index is 310. The first-order valence-corrected chi connectivity index (χ1v) is 5.65. The molecule has 0 saturated heterocycles. The lowest BCUT2D eigenvalue weighted by molar-refractivity contribution is -0.146. The summed E-state index contributed by atoms with van der Waals surface area (Å²) in [6, 6.07) is -0.648. The summed E-state index contributed by atoms with van der Waals surface area (Å²) in [5, 5.41) is 24.3. The number of rotatable bonds is 9. The van der Waals surface area contributed by atoms with E-state index in [9.17, 15) is 14.4 Å². The molecule has 0 rings (SSSR count). The van der Waals surface area contributed by atoms with Crippen LogP contribution in [0.1, 0.15) is 6.42 Å². The molecule has 0 unspecified atom stereocenters. The molecule has 0 bridgehead atoms. The summed E-state index contributed by atoms with van der Waals surface area (Å²) in [6.07, 6.45) is -1.55. The Morgan fingerprint density at radius 1 is 1.16 bits per heavy atom. The SMILES string of the molecule is COCCNC(=O)CCNC(=O)NC[C@H](O)C(=O)O. The Morgan fingerprint density at radius 3 is 2.42 bits per heavy atom. The molecule has 3 amide bonds. The molecule has 9 heteroatoms. The summed E-state index contributed by atoms with van der Waals surface area (Å²) in [5.41, 5.74) is 0. The lowest BCUT2D eigenvalue weighted by atomic mass is 10.3. The zero-order valence-electron chi connectivity index (χ0n) is 10.6. The summed E-state index contributed by atoms with van der Waals surface area (Å²) in [5.74, 6) is -1.65. The molecular weight excluding hydrogens is 258 g/mol. The van der Waals surface area contributed by atoms with Gasteiger partial charge in [-0.2, -0.15) is 0 Å². The highest BCUT2D eigenvalue weighted by Gasteiger charge is 2.13. The summed E-state index contributed by atoms with van der Waals surface area (Å²) < 4.78 is 4.74. The maximum absolute atomic E-state index is 11.2. The number of aliphatic hydroxyl groups is 1. The van der Waals surface area contributed by atoms with Crippen LogP contribution in [-0.4, -0.2) is 67.6 Å². The Kier molecular flexibility index (Phi) is 9.10. The lowest BCUT2D eigenvalue weighted by Gasteiger charge is -2.09. The smallest absolute Gasteiger partial charge is 0.334 e. The Hall–Kier alpha value is -1.87. The second kappa shape index (κ2) is 10.1. The fourth-order valence-electron chi connectivity index (χ4n) is 1.01. The molecule has 0 aliphatic heterocycles. The van der Waals surface area contributed by atoms with E-state index in [4.69, 9.17) is 14.9 Å². The van der Waals surface area contributed by atoms with Gasteiger partial charge in [0.1, 0.15) is 0 Å². The number of carboxylic acid groups (broad SMARTS) is 1. The number of hydrogen-bond donors (Lipinski definition) is 5.